The first-order chi connectivity index (χ1) is 25.2. The molecular formula is C43H54ClN3O5. The second kappa shape index (κ2) is 14.1. The number of anilines is 1. The van der Waals surface area contributed by atoms with Crippen LogP contribution in [0.2, 0.25) is 5.02 Å². The minimum atomic E-state index is -0.839. The third-order valence-electron chi connectivity index (χ3n) is 13.5. The normalized spacial score (nSPS) is 29.0. The zero-order valence-corrected chi connectivity index (χ0v) is 32.0. The maximum absolute atomic E-state index is 13.6. The summed E-state index contributed by atoms with van der Waals surface area (Å²) in [6, 6.07) is 14.2. The summed E-state index contributed by atoms with van der Waals surface area (Å²) in [5, 5.41) is 7.77. The van der Waals surface area contributed by atoms with Crippen LogP contribution < -0.4 is 24.8 Å². The van der Waals surface area contributed by atoms with Crippen molar-refractivity contribution in [2.24, 2.45) is 17.8 Å². The van der Waals surface area contributed by atoms with E-state index in [1.165, 1.54) is 42.3 Å². The largest absolute Gasteiger partial charge is 0.493 e. The summed E-state index contributed by atoms with van der Waals surface area (Å²) in [6.45, 7) is 6.58. The van der Waals surface area contributed by atoms with Crippen LogP contribution >= 0.6 is 11.6 Å². The fourth-order valence-electron chi connectivity index (χ4n) is 10.3. The monoisotopic (exact) mass is 727 g/mol. The average molecular weight is 728 g/mol. The predicted molar refractivity (Wildman–Crippen MR) is 204 cm³/mol. The number of hydrogen-bond acceptors (Lipinski definition) is 8. The van der Waals surface area contributed by atoms with E-state index in [1.54, 1.807) is 0 Å². The number of nitrogens with one attached hydrogen (secondary N) is 2. The van der Waals surface area contributed by atoms with Crippen LogP contribution in [0.5, 0.6) is 17.2 Å². The smallest absolute Gasteiger partial charge is 0.331 e. The van der Waals surface area contributed by atoms with Crippen LogP contribution in [0.3, 0.4) is 0 Å². The second-order valence-electron chi connectivity index (χ2n) is 16.6. The van der Waals surface area contributed by atoms with Gasteiger partial charge in [-0.2, -0.15) is 0 Å². The molecule has 0 saturated heterocycles. The van der Waals surface area contributed by atoms with E-state index in [-0.39, 0.29) is 16.9 Å². The average Bonchev–Trinajstić information content (AvgIpc) is 3.93. The van der Waals surface area contributed by atoms with E-state index in [0.717, 1.165) is 67.9 Å². The number of benzene rings is 2. The van der Waals surface area contributed by atoms with Crippen LogP contribution in [0.1, 0.15) is 99.9 Å². The summed E-state index contributed by atoms with van der Waals surface area (Å²) in [4.78, 5) is 18.3. The molecule has 8 rings (SSSR count). The summed E-state index contributed by atoms with van der Waals surface area (Å²) in [7, 11) is 3.55. The van der Waals surface area contributed by atoms with Crippen LogP contribution in [0.15, 0.2) is 48.7 Å². The van der Waals surface area contributed by atoms with Crippen LogP contribution in [-0.2, 0) is 27.8 Å². The van der Waals surface area contributed by atoms with Gasteiger partial charge in [-0.3, -0.25) is 4.98 Å². The number of nitrogens with zero attached hydrogens (tertiary/aromatic N) is 1. The highest BCUT2D eigenvalue weighted by Gasteiger charge is 2.55. The number of carbonyl (C=O) groups excluding carboxylic acids is 1. The van der Waals surface area contributed by atoms with Crippen molar-refractivity contribution in [1.29, 1.82) is 0 Å². The third kappa shape index (κ3) is 6.42. The summed E-state index contributed by atoms with van der Waals surface area (Å²) in [5.74, 6) is 3.98. The number of esters is 1. The van der Waals surface area contributed by atoms with Gasteiger partial charge in [0.15, 0.2) is 11.5 Å². The number of rotatable bonds is 10. The molecule has 278 valence electrons. The summed E-state index contributed by atoms with van der Waals surface area (Å²) < 4.78 is 25.2. The SMILES string of the molecule is CNC1(C2COc3cc4c(cc3OC2)C2(CCC(Nc3cccc(Cl)c3)(C(=O)OC)CC2)[C@@H](C[C@@H](C)COc2ccnc3c2[C@H](C)CCC3)C4)CC1. The van der Waals surface area contributed by atoms with Crippen molar-refractivity contribution in [3.05, 3.63) is 76.1 Å². The Morgan fingerprint density at radius 2 is 1.83 bits per heavy atom. The van der Waals surface area contributed by atoms with Gasteiger partial charge < -0.3 is 29.6 Å². The molecule has 9 heteroatoms. The van der Waals surface area contributed by atoms with E-state index in [1.807, 2.05) is 30.5 Å². The Labute approximate surface area is 313 Å². The van der Waals surface area contributed by atoms with Gasteiger partial charge in [-0.05, 0) is 148 Å². The lowest BCUT2D eigenvalue weighted by atomic mass is 9.59. The molecule has 0 bridgehead atoms. The molecule has 1 unspecified atom stereocenters. The highest BCUT2D eigenvalue weighted by atomic mass is 35.5. The predicted octanol–water partition coefficient (Wildman–Crippen LogP) is 8.43. The van der Waals surface area contributed by atoms with E-state index in [0.29, 0.717) is 61.4 Å². The lowest BCUT2D eigenvalue weighted by Gasteiger charge is -2.47. The number of methoxy groups -OCH3 is 1. The van der Waals surface area contributed by atoms with Gasteiger partial charge in [0.05, 0.1) is 26.9 Å². The van der Waals surface area contributed by atoms with Crippen LogP contribution in [0.4, 0.5) is 5.69 Å². The van der Waals surface area contributed by atoms with Gasteiger partial charge in [-0.15, -0.1) is 0 Å². The molecule has 1 spiro atoms. The van der Waals surface area contributed by atoms with Crippen molar-refractivity contribution in [2.75, 3.05) is 39.3 Å². The molecule has 1 aromatic heterocycles. The van der Waals surface area contributed by atoms with Gasteiger partial charge in [0.2, 0.25) is 0 Å². The zero-order chi connectivity index (χ0) is 36.1. The second-order valence-corrected chi connectivity index (χ2v) is 17.0. The molecule has 5 aliphatic rings. The fraction of sp³-hybridized carbons (Fsp3) is 0.581. The standard InChI is InChI=1S/C43H54ClN3O5/c1-27(24-50-36-11-18-46-35-10-5-7-28(2)39(35)36)19-30-20-29-21-37-38(52-26-31(25-51-37)42(45-3)16-17-42)23-34(29)41(30)12-14-43(15-13-41,40(48)49-4)47-33-9-6-8-32(44)22-33/h6,8-9,11,18,21-23,27-28,30-31,45,47H,5,7,10,12-17,19-20,24-26H2,1-4H3/t27-,28-,30+,31?,41?,43?/m1/s1. The quantitative estimate of drug-likeness (QED) is 0.201. The van der Waals surface area contributed by atoms with Gasteiger partial charge in [0, 0.05) is 39.6 Å². The van der Waals surface area contributed by atoms with Gasteiger partial charge in [-0.25, -0.2) is 4.79 Å². The molecule has 8 nitrogen and oxygen atoms in total. The minimum absolute atomic E-state index is 0.117. The van der Waals surface area contributed by atoms with E-state index >= 15 is 0 Å². The highest BCUT2D eigenvalue weighted by Crippen LogP contribution is 2.58. The Kier molecular flexibility index (Phi) is 9.61. The Bertz CT molecular complexity index is 1800. The lowest BCUT2D eigenvalue weighted by molar-refractivity contribution is -0.148. The molecule has 4 aliphatic carbocycles. The zero-order valence-electron chi connectivity index (χ0n) is 31.2. The molecule has 2 N–H and O–H groups in total. The topological polar surface area (TPSA) is 90.9 Å². The molecule has 2 aromatic carbocycles. The Morgan fingerprint density at radius 1 is 1.06 bits per heavy atom. The molecule has 0 amide bonds. The maximum Gasteiger partial charge on any atom is 0.331 e. The molecular weight excluding hydrogens is 674 g/mol. The molecule has 2 saturated carbocycles. The number of carbonyl (C=O) groups is 1. The van der Waals surface area contributed by atoms with Crippen molar-refractivity contribution in [1.82, 2.24) is 10.3 Å². The lowest BCUT2D eigenvalue weighted by Crippen LogP contribution is -2.53. The molecule has 0 radical (unpaired) electrons. The van der Waals surface area contributed by atoms with E-state index in [2.05, 4.69) is 49.7 Å². The van der Waals surface area contributed by atoms with E-state index in [4.69, 9.17) is 35.5 Å². The Hall–Kier alpha value is -3.49. The molecule has 2 fully saturated rings. The molecule has 4 atom stereocenters. The number of aromatic nitrogens is 1. The number of aryl methyl sites for hydroxylation is 1. The first kappa shape index (κ1) is 35.5. The number of halogens is 1. The van der Waals surface area contributed by atoms with Crippen molar-refractivity contribution < 1.29 is 23.7 Å². The first-order valence-corrected chi connectivity index (χ1v) is 19.9. The van der Waals surface area contributed by atoms with Crippen LogP contribution in [-0.4, -0.2) is 56.0 Å². The number of hydrogen-bond donors (Lipinski definition) is 2. The summed E-state index contributed by atoms with van der Waals surface area (Å²) in [5.41, 5.74) is 5.21. The molecule has 52 heavy (non-hydrogen) atoms. The third-order valence-corrected chi connectivity index (χ3v) is 13.7. The van der Waals surface area contributed by atoms with Crippen molar-refractivity contribution in [3.63, 3.8) is 0 Å². The Balaban J connectivity index is 1.07. The molecule has 2 heterocycles. The first-order valence-electron chi connectivity index (χ1n) is 19.5. The Morgan fingerprint density at radius 3 is 2.54 bits per heavy atom. The highest BCUT2D eigenvalue weighted by molar-refractivity contribution is 6.30. The van der Waals surface area contributed by atoms with E-state index in [9.17, 15) is 4.79 Å². The van der Waals surface area contributed by atoms with Gasteiger partial charge in [-0.1, -0.05) is 31.5 Å². The van der Waals surface area contributed by atoms with Gasteiger partial charge >= 0.3 is 5.97 Å². The van der Waals surface area contributed by atoms with Crippen LogP contribution in [0, 0.1) is 17.8 Å². The number of fused-ring (bicyclic) bond motifs is 4. The van der Waals surface area contributed by atoms with E-state index < -0.39 is 5.54 Å². The number of ether oxygens (including phenoxy) is 4. The van der Waals surface area contributed by atoms with Crippen molar-refractivity contribution in [2.45, 2.75) is 107 Å². The molecule has 3 aromatic rings. The maximum atomic E-state index is 13.6. The van der Waals surface area contributed by atoms with Gasteiger partial charge in [0.1, 0.15) is 11.3 Å². The van der Waals surface area contributed by atoms with Crippen LogP contribution in [0.25, 0.3) is 0 Å². The molecule has 1 aliphatic heterocycles. The van der Waals surface area contributed by atoms with Crippen molar-refractivity contribution in [3.8, 4) is 17.2 Å². The number of pyridine rings is 1. The fourth-order valence-corrected chi connectivity index (χ4v) is 10.5. The summed E-state index contributed by atoms with van der Waals surface area (Å²) >= 11 is 6.37. The van der Waals surface area contributed by atoms with Crippen molar-refractivity contribution >= 4 is 23.3 Å². The van der Waals surface area contributed by atoms with Gasteiger partial charge in [0.25, 0.3) is 0 Å². The summed E-state index contributed by atoms with van der Waals surface area (Å²) in [6.07, 6.45) is 12.6. The minimum Gasteiger partial charge on any atom is -0.493 e.